The molecular weight excluding hydrogens is 278 g/mol. The van der Waals surface area contributed by atoms with Crippen molar-refractivity contribution in [3.63, 3.8) is 0 Å². The van der Waals surface area contributed by atoms with E-state index in [9.17, 15) is 4.79 Å². The molecule has 0 aromatic heterocycles. The van der Waals surface area contributed by atoms with Crippen LogP contribution in [-0.2, 0) is 0 Å². The van der Waals surface area contributed by atoms with Gasteiger partial charge in [0.25, 0.3) is 5.91 Å². The number of carbonyl (C=O) groups is 1. The molecule has 0 saturated heterocycles. The van der Waals surface area contributed by atoms with E-state index >= 15 is 0 Å². The van der Waals surface area contributed by atoms with Crippen molar-refractivity contribution in [3.05, 3.63) is 23.8 Å². The number of rotatable bonds is 5. The van der Waals surface area contributed by atoms with Crippen LogP contribution in [0.15, 0.2) is 18.2 Å². The maximum atomic E-state index is 12.3. The number of amides is 1. The van der Waals surface area contributed by atoms with E-state index < -0.39 is 0 Å². The summed E-state index contributed by atoms with van der Waals surface area (Å²) < 4.78 is 10.5. The molecular formula is C15H20ClNO3. The van der Waals surface area contributed by atoms with Crippen LogP contribution in [0.5, 0.6) is 11.5 Å². The third kappa shape index (κ3) is 3.18. The molecule has 0 bridgehead atoms. The van der Waals surface area contributed by atoms with Crippen molar-refractivity contribution in [2.24, 2.45) is 5.92 Å². The quantitative estimate of drug-likeness (QED) is 0.850. The molecule has 2 rings (SSSR count). The van der Waals surface area contributed by atoms with Crippen molar-refractivity contribution in [2.75, 3.05) is 20.8 Å². The lowest BCUT2D eigenvalue weighted by Gasteiger charge is -2.16. The second-order valence-electron chi connectivity index (χ2n) is 4.96. The van der Waals surface area contributed by atoms with Gasteiger partial charge in [-0.25, -0.2) is 0 Å². The van der Waals surface area contributed by atoms with Gasteiger partial charge >= 0.3 is 0 Å². The molecule has 1 N–H and O–H groups in total. The zero-order valence-electron chi connectivity index (χ0n) is 11.8. The predicted octanol–water partition coefficient (Wildman–Crippen LogP) is 2.84. The summed E-state index contributed by atoms with van der Waals surface area (Å²) in [4.78, 5) is 12.3. The fraction of sp³-hybridized carbons (Fsp3) is 0.533. The number of hydrogen-bond acceptors (Lipinski definition) is 3. The number of para-hydroxylation sites is 1. The highest BCUT2D eigenvalue weighted by molar-refractivity contribution is 6.21. The van der Waals surface area contributed by atoms with E-state index in [0.29, 0.717) is 29.5 Å². The Hall–Kier alpha value is -1.42. The van der Waals surface area contributed by atoms with Crippen LogP contribution in [0.4, 0.5) is 0 Å². The van der Waals surface area contributed by atoms with Crippen molar-refractivity contribution in [3.8, 4) is 11.5 Å². The molecule has 1 amide bonds. The van der Waals surface area contributed by atoms with Gasteiger partial charge < -0.3 is 14.8 Å². The molecule has 1 saturated carbocycles. The Balaban J connectivity index is 2.05. The summed E-state index contributed by atoms with van der Waals surface area (Å²) in [6, 6.07) is 5.26. The van der Waals surface area contributed by atoms with Gasteiger partial charge in [-0.3, -0.25) is 4.79 Å². The summed E-state index contributed by atoms with van der Waals surface area (Å²) in [5.74, 6) is 1.21. The van der Waals surface area contributed by atoms with Gasteiger partial charge in [0, 0.05) is 11.9 Å². The minimum absolute atomic E-state index is 0.156. The zero-order valence-corrected chi connectivity index (χ0v) is 12.6. The number of nitrogens with one attached hydrogen (secondary N) is 1. The molecule has 4 nitrogen and oxygen atoms in total. The minimum Gasteiger partial charge on any atom is -0.493 e. The van der Waals surface area contributed by atoms with Crippen molar-refractivity contribution in [2.45, 2.75) is 24.6 Å². The summed E-state index contributed by atoms with van der Waals surface area (Å²) in [5, 5.41) is 3.11. The Labute approximate surface area is 124 Å². The zero-order chi connectivity index (χ0) is 14.5. The lowest BCUT2D eigenvalue weighted by molar-refractivity contribution is 0.0944. The number of hydrogen-bond donors (Lipinski definition) is 1. The minimum atomic E-state index is -0.156. The van der Waals surface area contributed by atoms with Gasteiger partial charge in [0.05, 0.1) is 19.8 Å². The largest absolute Gasteiger partial charge is 0.493 e. The number of ether oxygens (including phenoxy) is 2. The third-order valence-electron chi connectivity index (χ3n) is 3.74. The van der Waals surface area contributed by atoms with Crippen LogP contribution < -0.4 is 14.8 Å². The van der Waals surface area contributed by atoms with E-state index in [1.807, 2.05) is 0 Å². The van der Waals surface area contributed by atoms with Gasteiger partial charge in [-0.2, -0.15) is 0 Å². The van der Waals surface area contributed by atoms with Gasteiger partial charge in [0.2, 0.25) is 0 Å². The Morgan fingerprint density at radius 2 is 2.15 bits per heavy atom. The lowest BCUT2D eigenvalue weighted by Crippen LogP contribution is -2.31. The van der Waals surface area contributed by atoms with Crippen LogP contribution in [0.25, 0.3) is 0 Å². The first kappa shape index (κ1) is 15.0. The van der Waals surface area contributed by atoms with Gasteiger partial charge in [0.15, 0.2) is 11.5 Å². The molecule has 0 aliphatic heterocycles. The fourth-order valence-electron chi connectivity index (χ4n) is 2.61. The number of carbonyl (C=O) groups excluding carboxylic acids is 1. The van der Waals surface area contributed by atoms with Crippen molar-refractivity contribution >= 4 is 17.5 Å². The molecule has 1 aromatic rings. The highest BCUT2D eigenvalue weighted by atomic mass is 35.5. The third-order valence-corrected chi connectivity index (χ3v) is 4.31. The summed E-state index contributed by atoms with van der Waals surface area (Å²) in [7, 11) is 3.08. The van der Waals surface area contributed by atoms with E-state index in [0.717, 1.165) is 19.3 Å². The molecule has 1 fully saturated rings. The number of methoxy groups -OCH3 is 2. The molecule has 0 heterocycles. The first-order chi connectivity index (χ1) is 9.67. The van der Waals surface area contributed by atoms with Crippen LogP contribution in [0.2, 0.25) is 0 Å². The molecule has 2 unspecified atom stereocenters. The Bertz CT molecular complexity index is 478. The van der Waals surface area contributed by atoms with Crippen molar-refractivity contribution in [1.82, 2.24) is 5.32 Å². The van der Waals surface area contributed by atoms with Gasteiger partial charge in [-0.15, -0.1) is 11.6 Å². The monoisotopic (exact) mass is 297 g/mol. The van der Waals surface area contributed by atoms with Crippen LogP contribution >= 0.6 is 11.6 Å². The number of alkyl halides is 1. The smallest absolute Gasteiger partial charge is 0.255 e. The standard InChI is InChI=1S/C15H20ClNO3/c1-19-13-8-4-6-11(14(13)20-2)15(18)17-9-10-5-3-7-12(10)16/h4,6,8,10,12H,3,5,7,9H2,1-2H3,(H,17,18). The van der Waals surface area contributed by atoms with Gasteiger partial charge in [0.1, 0.15) is 0 Å². The second kappa shape index (κ2) is 6.84. The highest BCUT2D eigenvalue weighted by Crippen LogP contribution is 2.31. The molecule has 1 aliphatic rings. The van der Waals surface area contributed by atoms with E-state index in [1.165, 1.54) is 7.11 Å². The number of benzene rings is 1. The summed E-state index contributed by atoms with van der Waals surface area (Å²) in [6.07, 6.45) is 3.24. The molecule has 5 heteroatoms. The summed E-state index contributed by atoms with van der Waals surface area (Å²) in [5.41, 5.74) is 0.482. The van der Waals surface area contributed by atoms with Crippen LogP contribution in [0.3, 0.4) is 0 Å². The normalized spacial score (nSPS) is 21.6. The second-order valence-corrected chi connectivity index (χ2v) is 5.52. The van der Waals surface area contributed by atoms with Crippen LogP contribution in [0.1, 0.15) is 29.6 Å². The molecule has 1 aromatic carbocycles. The van der Waals surface area contributed by atoms with Gasteiger partial charge in [-0.05, 0) is 30.9 Å². The average Bonchev–Trinajstić information content (AvgIpc) is 2.89. The van der Waals surface area contributed by atoms with Crippen LogP contribution in [-0.4, -0.2) is 32.0 Å². The van der Waals surface area contributed by atoms with Crippen molar-refractivity contribution < 1.29 is 14.3 Å². The first-order valence-electron chi connectivity index (χ1n) is 6.80. The maximum absolute atomic E-state index is 12.3. The number of halogens is 1. The van der Waals surface area contributed by atoms with E-state index in [2.05, 4.69) is 5.32 Å². The Morgan fingerprint density at radius 1 is 1.35 bits per heavy atom. The van der Waals surface area contributed by atoms with Crippen LogP contribution in [0, 0.1) is 5.92 Å². The summed E-state index contributed by atoms with van der Waals surface area (Å²) >= 11 is 6.22. The van der Waals surface area contributed by atoms with Crippen molar-refractivity contribution in [1.29, 1.82) is 0 Å². The molecule has 0 radical (unpaired) electrons. The molecule has 1 aliphatic carbocycles. The topological polar surface area (TPSA) is 47.6 Å². The fourth-order valence-corrected chi connectivity index (χ4v) is 2.98. The molecule has 20 heavy (non-hydrogen) atoms. The first-order valence-corrected chi connectivity index (χ1v) is 7.24. The highest BCUT2D eigenvalue weighted by Gasteiger charge is 2.26. The Morgan fingerprint density at radius 3 is 2.75 bits per heavy atom. The van der Waals surface area contributed by atoms with E-state index in [-0.39, 0.29) is 11.3 Å². The molecule has 2 atom stereocenters. The lowest BCUT2D eigenvalue weighted by atomic mass is 10.1. The molecule has 0 spiro atoms. The average molecular weight is 298 g/mol. The summed E-state index contributed by atoms with van der Waals surface area (Å²) in [6.45, 7) is 0.605. The SMILES string of the molecule is COc1cccc(C(=O)NCC2CCCC2Cl)c1OC. The van der Waals surface area contributed by atoms with Gasteiger partial charge in [-0.1, -0.05) is 12.5 Å². The molecule has 110 valence electrons. The Kier molecular flexibility index (Phi) is 5.12. The van der Waals surface area contributed by atoms with E-state index in [4.69, 9.17) is 21.1 Å². The predicted molar refractivity (Wildman–Crippen MR) is 78.9 cm³/mol. The van der Waals surface area contributed by atoms with E-state index in [1.54, 1.807) is 25.3 Å². The maximum Gasteiger partial charge on any atom is 0.255 e.